The zero-order valence-electron chi connectivity index (χ0n) is 37.9. The summed E-state index contributed by atoms with van der Waals surface area (Å²) in [5.41, 5.74) is 0. The Hall–Kier alpha value is -1.10. The van der Waals surface area contributed by atoms with Crippen molar-refractivity contribution in [3.63, 3.8) is 0 Å². The molecule has 0 heterocycles. The van der Waals surface area contributed by atoms with Gasteiger partial charge in [-0.3, -0.25) is 9.59 Å². The van der Waals surface area contributed by atoms with Gasteiger partial charge in [-0.2, -0.15) is 0 Å². The smallest absolute Gasteiger partial charge is 0.305 e. The molecule has 1 amide bonds. The maximum atomic E-state index is 13.8. The molecular formula is C49H98N2O3. The lowest BCUT2D eigenvalue weighted by Crippen LogP contribution is -2.41. The van der Waals surface area contributed by atoms with E-state index in [4.69, 9.17) is 4.74 Å². The summed E-state index contributed by atoms with van der Waals surface area (Å²) in [5.74, 6) is 1.09. The van der Waals surface area contributed by atoms with Crippen molar-refractivity contribution in [1.29, 1.82) is 0 Å². The highest BCUT2D eigenvalue weighted by molar-refractivity contribution is 5.76. The summed E-state index contributed by atoms with van der Waals surface area (Å²) in [6, 6.07) is 0.364. The Morgan fingerprint density at radius 2 is 0.833 bits per heavy atom. The number of amides is 1. The first-order chi connectivity index (χ1) is 26.4. The van der Waals surface area contributed by atoms with Crippen molar-refractivity contribution in [3.8, 4) is 0 Å². The van der Waals surface area contributed by atoms with E-state index >= 15 is 0 Å². The van der Waals surface area contributed by atoms with Crippen molar-refractivity contribution in [2.24, 2.45) is 5.92 Å². The molecule has 0 bridgehead atoms. The van der Waals surface area contributed by atoms with Crippen molar-refractivity contribution >= 4 is 11.9 Å². The van der Waals surface area contributed by atoms with E-state index in [1.54, 1.807) is 0 Å². The number of rotatable bonds is 43. The molecule has 5 nitrogen and oxygen atoms in total. The minimum atomic E-state index is -0.00172. The Morgan fingerprint density at radius 1 is 0.426 bits per heavy atom. The van der Waals surface area contributed by atoms with Gasteiger partial charge in [0.15, 0.2) is 0 Å². The van der Waals surface area contributed by atoms with Gasteiger partial charge in [-0.1, -0.05) is 207 Å². The van der Waals surface area contributed by atoms with Gasteiger partial charge in [-0.15, -0.1) is 0 Å². The normalized spacial score (nSPS) is 12.2. The molecule has 1 atom stereocenters. The minimum absolute atomic E-state index is 0.00172. The van der Waals surface area contributed by atoms with E-state index in [2.05, 4.69) is 51.6 Å². The van der Waals surface area contributed by atoms with Crippen LogP contribution in [0.25, 0.3) is 0 Å². The average molecular weight is 763 g/mol. The molecule has 1 unspecified atom stereocenters. The van der Waals surface area contributed by atoms with Crippen molar-refractivity contribution in [2.75, 3.05) is 33.8 Å². The van der Waals surface area contributed by atoms with Gasteiger partial charge in [-0.05, 0) is 65.1 Å². The topological polar surface area (TPSA) is 49.9 Å². The third-order valence-corrected chi connectivity index (χ3v) is 11.8. The maximum Gasteiger partial charge on any atom is 0.305 e. The molecule has 0 fully saturated rings. The molecule has 0 saturated carbocycles. The fourth-order valence-electron chi connectivity index (χ4n) is 8.15. The molecule has 322 valence electrons. The minimum Gasteiger partial charge on any atom is -0.466 e. The van der Waals surface area contributed by atoms with Gasteiger partial charge in [0.25, 0.3) is 0 Å². The van der Waals surface area contributed by atoms with Gasteiger partial charge >= 0.3 is 5.97 Å². The van der Waals surface area contributed by atoms with Crippen LogP contribution in [0.3, 0.4) is 0 Å². The molecule has 0 aromatic heterocycles. The predicted molar refractivity (Wildman–Crippen MR) is 237 cm³/mol. The largest absolute Gasteiger partial charge is 0.466 e. The predicted octanol–water partition coefficient (Wildman–Crippen LogP) is 15.0. The molecule has 0 saturated heterocycles. The van der Waals surface area contributed by atoms with Crippen LogP contribution >= 0.6 is 0 Å². The SMILES string of the molecule is CCCCCCCCCCC(CCCCCCC(=O)OCCC(CCCCCC)CCCCCC)N(CCCCCCCCCC)C(=O)CCCN(C)C. The van der Waals surface area contributed by atoms with Gasteiger partial charge < -0.3 is 14.5 Å². The Morgan fingerprint density at radius 3 is 1.31 bits per heavy atom. The number of esters is 1. The van der Waals surface area contributed by atoms with Crippen LogP contribution in [-0.4, -0.2) is 61.5 Å². The standard InChI is InChI=1S/C49H98N2O3/c1-7-11-15-19-21-23-25-31-38-47(51(48(52)40-35-43-50(5)6)44-34-28-24-22-20-16-12-8-2)39-32-26-27-33-41-49(53)54-45-42-46(36-29-17-13-9-3)37-30-18-14-10-4/h46-47H,7-45H2,1-6H3. The summed E-state index contributed by atoms with van der Waals surface area (Å²) in [6.07, 6.45) is 44.0. The van der Waals surface area contributed by atoms with Crippen LogP contribution in [0.2, 0.25) is 0 Å². The summed E-state index contributed by atoms with van der Waals surface area (Å²) in [7, 11) is 4.21. The van der Waals surface area contributed by atoms with Gasteiger partial charge in [0.1, 0.15) is 0 Å². The lowest BCUT2D eigenvalue weighted by Gasteiger charge is -2.33. The summed E-state index contributed by atoms with van der Waals surface area (Å²) < 4.78 is 5.76. The van der Waals surface area contributed by atoms with Crippen molar-refractivity contribution in [2.45, 2.75) is 265 Å². The second kappa shape index (κ2) is 41.5. The van der Waals surface area contributed by atoms with Gasteiger partial charge in [0.05, 0.1) is 6.61 Å². The Labute approximate surface area is 339 Å². The van der Waals surface area contributed by atoms with Crippen LogP contribution in [0.15, 0.2) is 0 Å². The third-order valence-electron chi connectivity index (χ3n) is 11.8. The fraction of sp³-hybridized carbons (Fsp3) is 0.959. The first-order valence-corrected chi connectivity index (χ1v) is 24.5. The summed E-state index contributed by atoms with van der Waals surface area (Å²) in [5, 5.41) is 0. The van der Waals surface area contributed by atoms with Crippen molar-refractivity contribution < 1.29 is 14.3 Å². The van der Waals surface area contributed by atoms with Gasteiger partial charge in [0, 0.05) is 25.4 Å². The van der Waals surface area contributed by atoms with Crippen LogP contribution in [0.5, 0.6) is 0 Å². The van der Waals surface area contributed by atoms with Crippen molar-refractivity contribution in [1.82, 2.24) is 9.80 Å². The van der Waals surface area contributed by atoms with E-state index < -0.39 is 0 Å². The number of carbonyl (C=O) groups excluding carboxylic acids is 2. The summed E-state index contributed by atoms with van der Waals surface area (Å²) in [6.45, 7) is 11.6. The van der Waals surface area contributed by atoms with Crippen LogP contribution in [-0.2, 0) is 14.3 Å². The van der Waals surface area contributed by atoms with Gasteiger partial charge in [0.2, 0.25) is 5.91 Å². The number of carbonyl (C=O) groups is 2. The van der Waals surface area contributed by atoms with Crippen LogP contribution < -0.4 is 0 Å². The van der Waals surface area contributed by atoms with E-state index in [1.807, 2.05) is 0 Å². The van der Waals surface area contributed by atoms with E-state index in [0.29, 0.717) is 37.3 Å². The highest BCUT2D eigenvalue weighted by Gasteiger charge is 2.23. The molecule has 54 heavy (non-hydrogen) atoms. The second-order valence-electron chi connectivity index (χ2n) is 17.4. The number of hydrogen-bond acceptors (Lipinski definition) is 4. The Kier molecular flexibility index (Phi) is 40.7. The molecule has 5 heteroatoms. The van der Waals surface area contributed by atoms with E-state index in [1.165, 1.54) is 161 Å². The van der Waals surface area contributed by atoms with Crippen LogP contribution in [0.4, 0.5) is 0 Å². The quantitative estimate of drug-likeness (QED) is 0.0458. The molecule has 0 N–H and O–H groups in total. The molecule has 0 aromatic rings. The molecular weight excluding hydrogens is 665 g/mol. The third kappa shape index (κ3) is 35.3. The van der Waals surface area contributed by atoms with E-state index in [9.17, 15) is 9.59 Å². The summed E-state index contributed by atoms with van der Waals surface area (Å²) >= 11 is 0. The lowest BCUT2D eigenvalue weighted by molar-refractivity contribution is -0.144. The van der Waals surface area contributed by atoms with Crippen LogP contribution in [0, 0.1) is 5.92 Å². The molecule has 0 aliphatic rings. The number of nitrogens with zero attached hydrogens (tertiary/aromatic N) is 2. The number of hydrogen-bond donors (Lipinski definition) is 0. The van der Waals surface area contributed by atoms with E-state index in [-0.39, 0.29) is 5.97 Å². The van der Waals surface area contributed by atoms with Crippen LogP contribution in [0.1, 0.15) is 259 Å². The first kappa shape index (κ1) is 52.9. The first-order valence-electron chi connectivity index (χ1n) is 24.5. The zero-order valence-corrected chi connectivity index (χ0v) is 37.9. The molecule has 0 rings (SSSR count). The summed E-state index contributed by atoms with van der Waals surface area (Å²) in [4.78, 5) is 31.0. The highest BCUT2D eigenvalue weighted by Crippen LogP contribution is 2.23. The van der Waals surface area contributed by atoms with Crippen molar-refractivity contribution in [3.05, 3.63) is 0 Å². The zero-order chi connectivity index (χ0) is 39.7. The maximum absolute atomic E-state index is 13.8. The van der Waals surface area contributed by atoms with E-state index in [0.717, 1.165) is 70.9 Å². The highest BCUT2D eigenvalue weighted by atomic mass is 16.5. The molecule has 0 spiro atoms. The Bertz CT molecular complexity index is 775. The molecule has 0 radical (unpaired) electrons. The molecule has 0 aliphatic carbocycles. The second-order valence-corrected chi connectivity index (χ2v) is 17.4. The Balaban J connectivity index is 4.96. The lowest BCUT2D eigenvalue weighted by atomic mass is 9.92. The molecule has 0 aromatic carbocycles. The molecule has 0 aliphatic heterocycles. The number of ether oxygens (including phenoxy) is 1. The number of unbranched alkanes of at least 4 members (excludes halogenated alkanes) is 23. The van der Waals surface area contributed by atoms with Gasteiger partial charge in [-0.25, -0.2) is 0 Å². The monoisotopic (exact) mass is 763 g/mol. The average Bonchev–Trinajstić information content (AvgIpc) is 3.15. The fourth-order valence-corrected chi connectivity index (χ4v) is 8.15.